The van der Waals surface area contributed by atoms with E-state index in [9.17, 15) is 19.5 Å². The van der Waals surface area contributed by atoms with Crippen molar-refractivity contribution in [3.63, 3.8) is 0 Å². The Balaban J connectivity index is 1.23. The summed E-state index contributed by atoms with van der Waals surface area (Å²) in [5, 5.41) is 10.1. The molecule has 3 aliphatic rings. The van der Waals surface area contributed by atoms with Crippen molar-refractivity contribution in [2.45, 2.75) is 12.6 Å². The van der Waals surface area contributed by atoms with Crippen LogP contribution in [-0.4, -0.2) is 119 Å². The van der Waals surface area contributed by atoms with Crippen molar-refractivity contribution in [1.82, 2.24) is 9.80 Å². The molecular weight excluding hydrogens is 694 g/mol. The van der Waals surface area contributed by atoms with Crippen molar-refractivity contribution >= 4 is 52.4 Å². The van der Waals surface area contributed by atoms with Crippen molar-refractivity contribution < 1.29 is 42.8 Å². The highest BCUT2D eigenvalue weighted by Gasteiger charge is 2.34. The molecule has 1 N–H and O–H groups in total. The van der Waals surface area contributed by atoms with Crippen LogP contribution in [-0.2, 0) is 25.5 Å². The Labute approximate surface area is 298 Å². The summed E-state index contributed by atoms with van der Waals surface area (Å²) in [6, 6.07) is 10.6. The van der Waals surface area contributed by atoms with Gasteiger partial charge >= 0.3 is 11.9 Å². The van der Waals surface area contributed by atoms with Gasteiger partial charge in [0.25, 0.3) is 5.91 Å². The maximum Gasteiger partial charge on any atom is 0.340 e. The van der Waals surface area contributed by atoms with Gasteiger partial charge in [0.2, 0.25) is 0 Å². The lowest BCUT2D eigenvalue weighted by molar-refractivity contribution is -0.143. The minimum atomic E-state index is -0.943. The largest absolute Gasteiger partial charge is 0.480 e. The lowest BCUT2D eigenvalue weighted by Crippen LogP contribution is -2.57. The van der Waals surface area contributed by atoms with Crippen LogP contribution in [0, 0.1) is 5.82 Å². The Kier molecular flexibility index (Phi) is 11.0. The molecule has 1 amide bonds. The third-order valence-corrected chi connectivity index (χ3v) is 9.80. The Morgan fingerprint density at radius 2 is 1.72 bits per heavy atom. The molecule has 2 fully saturated rings. The van der Waals surface area contributed by atoms with Crippen molar-refractivity contribution in [2.24, 2.45) is 0 Å². The monoisotopic (exact) mass is 730 g/mol. The van der Waals surface area contributed by atoms with Gasteiger partial charge in [-0.15, -0.1) is 0 Å². The number of morpholine rings is 1. The molecule has 3 aromatic carbocycles. The Morgan fingerprint density at radius 1 is 0.980 bits per heavy atom. The van der Waals surface area contributed by atoms with Gasteiger partial charge in [-0.3, -0.25) is 14.5 Å². The van der Waals surface area contributed by atoms with Crippen molar-refractivity contribution in [2.75, 3.05) is 89.8 Å². The van der Waals surface area contributed by atoms with Gasteiger partial charge in [0.1, 0.15) is 17.6 Å². The van der Waals surface area contributed by atoms with Gasteiger partial charge in [-0.2, -0.15) is 0 Å². The number of carbonyl (C=O) groups is 3. The molecule has 0 saturated carbocycles. The number of piperazine rings is 1. The van der Waals surface area contributed by atoms with Crippen LogP contribution >= 0.6 is 23.2 Å². The lowest BCUT2D eigenvalue weighted by atomic mass is 9.97. The minimum Gasteiger partial charge on any atom is -0.480 e. The number of carboxylic acid groups (broad SMARTS) is 1. The molecule has 3 heterocycles. The summed E-state index contributed by atoms with van der Waals surface area (Å²) in [4.78, 5) is 45.6. The van der Waals surface area contributed by atoms with Gasteiger partial charge in [-0.05, 0) is 24.3 Å². The van der Waals surface area contributed by atoms with Crippen molar-refractivity contribution in [3.8, 4) is 16.9 Å². The summed E-state index contributed by atoms with van der Waals surface area (Å²) in [7, 11) is 2.83. The van der Waals surface area contributed by atoms with E-state index in [0.717, 1.165) is 0 Å². The lowest BCUT2D eigenvalue weighted by Gasteiger charge is -2.40. The van der Waals surface area contributed by atoms with Gasteiger partial charge < -0.3 is 38.8 Å². The van der Waals surface area contributed by atoms with Crippen molar-refractivity contribution in [3.05, 3.63) is 75.0 Å². The normalized spacial score (nSPS) is 18.0. The molecular formula is C35H37Cl2FN4O8. The van der Waals surface area contributed by atoms with E-state index in [-0.39, 0.29) is 46.6 Å². The topological polar surface area (TPSA) is 121 Å². The number of nitrogens with zero attached hydrogens (tertiary/aromatic N) is 4. The van der Waals surface area contributed by atoms with Crippen LogP contribution in [0.3, 0.4) is 0 Å². The minimum absolute atomic E-state index is 0.0911. The molecule has 0 aliphatic carbocycles. The van der Waals surface area contributed by atoms with Crippen LogP contribution in [0.1, 0.15) is 26.3 Å². The van der Waals surface area contributed by atoms with E-state index in [0.29, 0.717) is 80.8 Å². The van der Waals surface area contributed by atoms with Crippen LogP contribution in [0.4, 0.5) is 15.8 Å². The van der Waals surface area contributed by atoms with Crippen molar-refractivity contribution in [1.29, 1.82) is 0 Å². The molecule has 0 radical (unpaired) electrons. The van der Waals surface area contributed by atoms with E-state index in [1.807, 2.05) is 14.7 Å². The fourth-order valence-corrected chi connectivity index (χ4v) is 7.23. The molecule has 3 aliphatic heterocycles. The first-order valence-electron chi connectivity index (χ1n) is 16.1. The highest BCUT2D eigenvalue weighted by atomic mass is 35.5. The van der Waals surface area contributed by atoms with Gasteiger partial charge in [0.05, 0.1) is 60.3 Å². The zero-order valence-corrected chi connectivity index (χ0v) is 29.1. The summed E-state index contributed by atoms with van der Waals surface area (Å²) < 4.78 is 37.4. The number of anilines is 2. The first kappa shape index (κ1) is 35.7. The third kappa shape index (κ3) is 7.19. The third-order valence-electron chi connectivity index (χ3n) is 9.21. The zero-order chi connectivity index (χ0) is 35.5. The number of fused-ring (bicyclic) bond motifs is 1. The standard InChI is InChI=1S/C35H37Cl2FN4O8/c1-47-11-8-39-6-7-41(19-30(39)34(44)45)22-14-26(36)31(27(37)15-22)33(43)42-18-21-4-3-5-23(32(21)50-20-42)24-17-29(40-9-12-49-13-10-40)25(16-28(24)38)35(46)48-2/h3-5,14-17,30H,6-13,18-20H2,1-2H3,(H,44,45). The molecule has 0 bridgehead atoms. The summed E-state index contributed by atoms with van der Waals surface area (Å²) >= 11 is 13.4. The molecule has 3 aromatic rings. The number of rotatable bonds is 9. The number of hydrogen-bond acceptors (Lipinski definition) is 10. The molecule has 0 aromatic heterocycles. The quantitative estimate of drug-likeness (QED) is 0.310. The number of benzene rings is 3. The van der Waals surface area contributed by atoms with Gasteiger partial charge in [-0.1, -0.05) is 41.4 Å². The summed E-state index contributed by atoms with van der Waals surface area (Å²) in [5.41, 5.74) is 2.69. The molecule has 1 unspecified atom stereocenters. The fraction of sp³-hybridized carbons (Fsp3) is 0.400. The van der Waals surface area contributed by atoms with Crippen LogP contribution < -0.4 is 14.5 Å². The smallest absolute Gasteiger partial charge is 0.340 e. The number of hydrogen-bond donors (Lipinski definition) is 1. The number of halogens is 3. The molecule has 6 rings (SSSR count). The van der Waals surface area contributed by atoms with E-state index >= 15 is 4.39 Å². The number of amides is 1. The summed E-state index contributed by atoms with van der Waals surface area (Å²) in [6.07, 6.45) is 0. The van der Waals surface area contributed by atoms with Crippen LogP contribution in [0.15, 0.2) is 42.5 Å². The second kappa shape index (κ2) is 15.4. The number of carboxylic acids is 1. The molecule has 50 heavy (non-hydrogen) atoms. The summed E-state index contributed by atoms with van der Waals surface area (Å²) in [6.45, 7) is 4.11. The van der Waals surface area contributed by atoms with E-state index in [4.69, 9.17) is 42.1 Å². The van der Waals surface area contributed by atoms with Crippen LogP contribution in [0.5, 0.6) is 5.75 Å². The first-order chi connectivity index (χ1) is 24.1. The maximum atomic E-state index is 15.7. The predicted octanol–water partition coefficient (Wildman–Crippen LogP) is 4.64. The van der Waals surface area contributed by atoms with E-state index in [2.05, 4.69) is 0 Å². The SMILES string of the molecule is COCCN1CCN(c2cc(Cl)c(C(=O)N3COc4c(cccc4-c4cc(N5CCOCC5)c(C(=O)OC)cc4F)C3)c(Cl)c2)CC1C(=O)O. The number of para-hydroxylation sites is 1. The molecule has 12 nitrogen and oxygen atoms in total. The zero-order valence-electron chi connectivity index (χ0n) is 27.6. The Hall–Kier alpha value is -4.14. The Bertz CT molecular complexity index is 1770. The molecule has 15 heteroatoms. The summed E-state index contributed by atoms with van der Waals surface area (Å²) in [5.74, 6) is -2.25. The van der Waals surface area contributed by atoms with Crippen LogP contribution in [0.2, 0.25) is 10.0 Å². The maximum absolute atomic E-state index is 15.7. The number of methoxy groups -OCH3 is 2. The predicted molar refractivity (Wildman–Crippen MR) is 185 cm³/mol. The highest BCUT2D eigenvalue weighted by Crippen LogP contribution is 2.41. The second-order valence-corrected chi connectivity index (χ2v) is 12.9. The van der Waals surface area contributed by atoms with E-state index < -0.39 is 29.7 Å². The number of ether oxygens (including phenoxy) is 4. The number of aliphatic carboxylic acids is 1. The number of carbonyl (C=O) groups excluding carboxylic acids is 2. The average Bonchev–Trinajstić information content (AvgIpc) is 3.12. The second-order valence-electron chi connectivity index (χ2n) is 12.1. The first-order valence-corrected chi connectivity index (χ1v) is 16.9. The average molecular weight is 732 g/mol. The molecule has 2 saturated heterocycles. The fourth-order valence-electron chi connectivity index (χ4n) is 6.59. The molecule has 0 spiro atoms. The highest BCUT2D eigenvalue weighted by molar-refractivity contribution is 6.40. The van der Waals surface area contributed by atoms with Gasteiger partial charge in [-0.25, -0.2) is 9.18 Å². The van der Waals surface area contributed by atoms with E-state index in [1.54, 1.807) is 43.5 Å². The molecule has 1 atom stereocenters. The van der Waals surface area contributed by atoms with Crippen LogP contribution in [0.25, 0.3) is 11.1 Å². The number of esters is 1. The van der Waals surface area contributed by atoms with Gasteiger partial charge in [0.15, 0.2) is 6.73 Å². The van der Waals surface area contributed by atoms with Gasteiger partial charge in [0, 0.05) is 68.8 Å². The van der Waals surface area contributed by atoms with E-state index in [1.165, 1.54) is 18.1 Å². The Morgan fingerprint density at radius 3 is 2.40 bits per heavy atom. The molecule has 266 valence electrons.